The lowest BCUT2D eigenvalue weighted by Gasteiger charge is -2.10. The number of hydrogen-bond acceptors (Lipinski definition) is 2. The van der Waals surface area contributed by atoms with Gasteiger partial charge in [-0.25, -0.2) is 9.80 Å². The first kappa shape index (κ1) is 7.68. The van der Waals surface area contributed by atoms with E-state index in [-0.39, 0.29) is 0 Å². The summed E-state index contributed by atoms with van der Waals surface area (Å²) in [4.78, 5) is 13.0. The molecule has 0 bridgehead atoms. The molecular formula is C5H8N4O2. The van der Waals surface area contributed by atoms with Crippen LogP contribution in [-0.4, -0.2) is 28.7 Å². The second kappa shape index (κ2) is 3.12. The molecule has 0 aromatic rings. The van der Waals surface area contributed by atoms with Crippen molar-refractivity contribution < 1.29 is 9.90 Å². The van der Waals surface area contributed by atoms with Crippen molar-refractivity contribution in [3.05, 3.63) is 10.4 Å². The van der Waals surface area contributed by atoms with Gasteiger partial charge in [-0.3, -0.25) is 0 Å². The average Bonchev–Trinajstić information content (AvgIpc) is 2.36. The Labute approximate surface area is 63.0 Å². The molecule has 1 fully saturated rings. The lowest BCUT2D eigenvalue weighted by atomic mass is 10.2. The Kier molecular flexibility index (Phi) is 2.18. The van der Waals surface area contributed by atoms with E-state index in [2.05, 4.69) is 10.1 Å². The standard InChI is InChI=1S/C5H8N4O2/c6-7-8-9-3-1-2-4(9)5(10)11/h4H,1-3H2,(H,10,11). The van der Waals surface area contributed by atoms with Crippen molar-refractivity contribution in [1.29, 1.82) is 0 Å². The molecule has 1 rings (SSSR count). The van der Waals surface area contributed by atoms with Gasteiger partial charge in [0, 0.05) is 6.42 Å². The topological polar surface area (TPSA) is 89.3 Å². The predicted molar refractivity (Wildman–Crippen MR) is 36.5 cm³/mol. The van der Waals surface area contributed by atoms with Gasteiger partial charge in [-0.15, -0.1) is 5.53 Å². The van der Waals surface area contributed by atoms with Gasteiger partial charge in [0.15, 0.2) is 6.04 Å². The van der Waals surface area contributed by atoms with Crippen molar-refractivity contribution in [2.24, 2.45) is 5.22 Å². The lowest BCUT2D eigenvalue weighted by molar-refractivity contribution is -0.142. The van der Waals surface area contributed by atoms with Crippen LogP contribution in [0.2, 0.25) is 0 Å². The maximum atomic E-state index is 10.5. The number of rotatable bonds is 2. The van der Waals surface area contributed by atoms with Crippen molar-refractivity contribution in [2.75, 3.05) is 6.54 Å². The normalized spacial score (nSPS) is 22.9. The lowest BCUT2D eigenvalue weighted by Crippen LogP contribution is -2.31. The van der Waals surface area contributed by atoms with Gasteiger partial charge in [0.25, 0.3) is 0 Å². The first-order chi connectivity index (χ1) is 5.25. The number of hydrogen-bond donors (Lipinski definition) is 1. The van der Waals surface area contributed by atoms with E-state index in [0.717, 1.165) is 6.42 Å². The molecule has 0 radical (unpaired) electrons. The van der Waals surface area contributed by atoms with Crippen LogP contribution in [0, 0.1) is 0 Å². The van der Waals surface area contributed by atoms with Crippen LogP contribution in [0.5, 0.6) is 0 Å². The molecule has 60 valence electrons. The first-order valence-corrected chi connectivity index (χ1v) is 3.30. The van der Waals surface area contributed by atoms with Crippen molar-refractivity contribution >= 4 is 5.97 Å². The van der Waals surface area contributed by atoms with E-state index in [1.54, 1.807) is 0 Å². The maximum absolute atomic E-state index is 10.5. The molecule has 0 saturated carbocycles. The molecule has 6 nitrogen and oxygen atoms in total. The minimum Gasteiger partial charge on any atom is -0.478 e. The molecule has 1 N–H and O–H groups in total. The smallest absolute Gasteiger partial charge is 0.349 e. The van der Waals surface area contributed by atoms with Crippen LogP contribution in [0.25, 0.3) is 10.4 Å². The highest BCUT2D eigenvalue weighted by Gasteiger charge is 2.32. The summed E-state index contributed by atoms with van der Waals surface area (Å²) in [5.41, 5.74) is 8.05. The molecule has 0 aliphatic carbocycles. The third-order valence-electron chi connectivity index (χ3n) is 1.66. The van der Waals surface area contributed by atoms with E-state index in [9.17, 15) is 4.79 Å². The maximum Gasteiger partial charge on any atom is 0.349 e. The molecule has 6 heteroatoms. The zero-order valence-corrected chi connectivity index (χ0v) is 5.84. The molecule has 1 atom stereocenters. The summed E-state index contributed by atoms with van der Waals surface area (Å²) in [5.74, 6) is -0.921. The van der Waals surface area contributed by atoms with Crippen LogP contribution in [0.4, 0.5) is 0 Å². The highest BCUT2D eigenvalue weighted by atomic mass is 16.4. The number of carbonyl (C=O) groups is 1. The van der Waals surface area contributed by atoms with Crippen LogP contribution in [0.3, 0.4) is 0 Å². The van der Waals surface area contributed by atoms with E-state index in [4.69, 9.17) is 10.6 Å². The Morgan fingerprint density at radius 3 is 3.09 bits per heavy atom. The summed E-state index contributed by atoms with van der Waals surface area (Å²) in [5, 5.41) is 13.1. The van der Waals surface area contributed by atoms with E-state index in [1.807, 2.05) is 0 Å². The van der Waals surface area contributed by atoms with Crippen molar-refractivity contribution in [3.63, 3.8) is 0 Å². The molecule has 0 aromatic carbocycles. The molecule has 0 amide bonds. The summed E-state index contributed by atoms with van der Waals surface area (Å²) < 4.78 is 0. The molecule has 11 heavy (non-hydrogen) atoms. The Morgan fingerprint density at radius 1 is 1.82 bits per heavy atom. The molecule has 1 heterocycles. The summed E-state index contributed by atoms with van der Waals surface area (Å²) in [6.07, 6.45) is 1.34. The third-order valence-corrected chi connectivity index (χ3v) is 1.66. The van der Waals surface area contributed by atoms with Gasteiger partial charge in [-0.2, -0.15) is 4.91 Å². The van der Waals surface area contributed by atoms with Crippen molar-refractivity contribution in [1.82, 2.24) is 5.01 Å². The van der Waals surface area contributed by atoms with Crippen LogP contribution < -0.4 is 0 Å². The molecule has 1 unspecified atom stereocenters. The Morgan fingerprint density at radius 2 is 2.55 bits per heavy atom. The number of carboxylic acid groups (broad SMARTS) is 1. The minimum atomic E-state index is -0.921. The highest BCUT2D eigenvalue weighted by molar-refractivity contribution is 5.73. The second-order valence-electron chi connectivity index (χ2n) is 2.34. The molecule has 1 aliphatic rings. The van der Waals surface area contributed by atoms with Gasteiger partial charge in [0.2, 0.25) is 0 Å². The molecule has 1 aliphatic heterocycles. The van der Waals surface area contributed by atoms with Crippen LogP contribution in [0.15, 0.2) is 5.22 Å². The fraction of sp³-hybridized carbons (Fsp3) is 0.800. The van der Waals surface area contributed by atoms with Gasteiger partial charge < -0.3 is 5.11 Å². The summed E-state index contributed by atoms with van der Waals surface area (Å²) in [6.45, 7) is 0.543. The van der Waals surface area contributed by atoms with Gasteiger partial charge in [-0.1, -0.05) is 0 Å². The second-order valence-corrected chi connectivity index (χ2v) is 2.34. The number of aliphatic carboxylic acids is 1. The number of azide groups is 1. The quantitative estimate of drug-likeness (QED) is 0.363. The monoisotopic (exact) mass is 156 g/mol. The average molecular weight is 156 g/mol. The SMILES string of the molecule is [N-]=[N+]=NN1CCCC1C(=O)O. The first-order valence-electron chi connectivity index (χ1n) is 3.30. The van der Waals surface area contributed by atoms with Crippen molar-refractivity contribution in [3.8, 4) is 0 Å². The third kappa shape index (κ3) is 1.53. The largest absolute Gasteiger partial charge is 0.478 e. The van der Waals surface area contributed by atoms with E-state index in [0.29, 0.717) is 13.0 Å². The summed E-state index contributed by atoms with van der Waals surface area (Å²) >= 11 is 0. The van der Waals surface area contributed by atoms with Gasteiger partial charge in [-0.05, 0) is 11.6 Å². The minimum absolute atomic E-state index is 0.543. The Balaban J connectivity index is 2.64. The number of nitrogens with zero attached hydrogens (tertiary/aromatic N) is 4. The molecular weight excluding hydrogens is 148 g/mol. The van der Waals surface area contributed by atoms with E-state index >= 15 is 0 Å². The van der Waals surface area contributed by atoms with Crippen LogP contribution >= 0.6 is 0 Å². The van der Waals surface area contributed by atoms with Crippen molar-refractivity contribution in [2.45, 2.75) is 18.9 Å². The fourth-order valence-corrected chi connectivity index (χ4v) is 1.16. The fourth-order valence-electron chi connectivity index (χ4n) is 1.16. The molecule has 1 saturated heterocycles. The number of carboxylic acids is 1. The zero-order chi connectivity index (χ0) is 8.27. The van der Waals surface area contributed by atoms with Gasteiger partial charge in [0.1, 0.15) is 0 Å². The summed E-state index contributed by atoms with van der Waals surface area (Å²) in [6, 6.07) is -0.620. The van der Waals surface area contributed by atoms with E-state index < -0.39 is 12.0 Å². The molecule has 0 aromatic heterocycles. The van der Waals surface area contributed by atoms with Crippen LogP contribution in [0.1, 0.15) is 12.8 Å². The Hall–Kier alpha value is -1.42. The van der Waals surface area contributed by atoms with E-state index in [1.165, 1.54) is 5.01 Å². The van der Waals surface area contributed by atoms with Crippen LogP contribution in [-0.2, 0) is 4.79 Å². The molecule has 0 spiro atoms. The Bertz CT molecular complexity index is 203. The summed E-state index contributed by atoms with van der Waals surface area (Å²) in [7, 11) is 0. The zero-order valence-electron chi connectivity index (χ0n) is 5.84. The highest BCUT2D eigenvalue weighted by Crippen LogP contribution is 2.17. The van der Waals surface area contributed by atoms with Gasteiger partial charge >= 0.3 is 5.97 Å². The predicted octanol–water partition coefficient (Wildman–Crippen LogP) is 0.761. The van der Waals surface area contributed by atoms with Gasteiger partial charge in [0.05, 0.1) is 6.54 Å².